The molecule has 7 nitrogen and oxygen atoms in total. The van der Waals surface area contributed by atoms with Gasteiger partial charge in [-0.05, 0) is 25.0 Å². The van der Waals surface area contributed by atoms with E-state index in [9.17, 15) is 5.11 Å². The Labute approximate surface area is 144 Å². The second-order valence-corrected chi connectivity index (χ2v) is 6.27. The fourth-order valence-corrected chi connectivity index (χ4v) is 3.18. The summed E-state index contributed by atoms with van der Waals surface area (Å²) >= 11 is 1.48. The topological polar surface area (TPSA) is 89.9 Å². The molecule has 0 bridgehead atoms. The lowest BCUT2D eigenvalue weighted by atomic mass is 10.1. The third kappa shape index (κ3) is 3.49. The van der Waals surface area contributed by atoms with Gasteiger partial charge in [0.25, 0.3) is 5.89 Å². The van der Waals surface area contributed by atoms with Crippen molar-refractivity contribution in [1.82, 2.24) is 24.9 Å². The van der Waals surface area contributed by atoms with Crippen molar-refractivity contribution in [2.24, 2.45) is 0 Å². The van der Waals surface area contributed by atoms with E-state index in [4.69, 9.17) is 4.52 Å². The molecule has 0 amide bonds. The molecule has 2 heterocycles. The Morgan fingerprint density at radius 1 is 1.25 bits per heavy atom. The summed E-state index contributed by atoms with van der Waals surface area (Å²) in [4.78, 5) is 4.45. The summed E-state index contributed by atoms with van der Waals surface area (Å²) in [6.07, 6.45) is 0.943. The van der Waals surface area contributed by atoms with Crippen molar-refractivity contribution in [1.29, 1.82) is 0 Å². The largest absolute Gasteiger partial charge is 0.388 e. The fourth-order valence-electron chi connectivity index (χ4n) is 2.35. The van der Waals surface area contributed by atoms with Crippen molar-refractivity contribution in [3.63, 3.8) is 0 Å². The minimum absolute atomic E-state index is 0.118. The normalized spacial score (nSPS) is 11.1. The van der Waals surface area contributed by atoms with E-state index in [0.717, 1.165) is 29.2 Å². The zero-order valence-corrected chi connectivity index (χ0v) is 14.5. The minimum atomic E-state index is -0.118. The van der Waals surface area contributed by atoms with Crippen LogP contribution in [0.3, 0.4) is 0 Å². The summed E-state index contributed by atoms with van der Waals surface area (Å²) in [5.41, 5.74) is 2.04. The van der Waals surface area contributed by atoms with E-state index in [-0.39, 0.29) is 6.61 Å². The molecule has 1 aromatic carbocycles. The zero-order chi connectivity index (χ0) is 16.9. The van der Waals surface area contributed by atoms with Gasteiger partial charge in [-0.15, -0.1) is 10.2 Å². The van der Waals surface area contributed by atoms with E-state index in [0.29, 0.717) is 23.3 Å². The standard InChI is InChI=1S/C16H19N5O2S/c1-3-8-21-14(9-22)18-19-16(21)24-10-13-17-15(23-20-13)12-7-5-4-6-11(12)2/h4-7,22H,3,8-10H2,1-2H3. The number of benzene rings is 1. The first-order valence-electron chi connectivity index (χ1n) is 7.77. The molecule has 2 aromatic heterocycles. The predicted molar refractivity (Wildman–Crippen MR) is 90.3 cm³/mol. The van der Waals surface area contributed by atoms with E-state index in [2.05, 4.69) is 27.3 Å². The van der Waals surface area contributed by atoms with Crippen LogP contribution in [0, 0.1) is 6.92 Å². The van der Waals surface area contributed by atoms with Crippen LogP contribution in [0.4, 0.5) is 0 Å². The molecule has 0 radical (unpaired) electrons. The highest BCUT2D eigenvalue weighted by Gasteiger charge is 2.14. The third-order valence-electron chi connectivity index (χ3n) is 3.56. The maximum absolute atomic E-state index is 9.33. The second-order valence-electron chi connectivity index (χ2n) is 5.33. The smallest absolute Gasteiger partial charge is 0.258 e. The van der Waals surface area contributed by atoms with Crippen molar-refractivity contribution in [3.05, 3.63) is 41.5 Å². The summed E-state index contributed by atoms with van der Waals surface area (Å²) in [6, 6.07) is 7.90. The molecule has 24 heavy (non-hydrogen) atoms. The summed E-state index contributed by atoms with van der Waals surface area (Å²) in [5, 5.41) is 22.3. The van der Waals surface area contributed by atoms with Crippen molar-refractivity contribution < 1.29 is 9.63 Å². The highest BCUT2D eigenvalue weighted by Crippen LogP contribution is 2.24. The molecule has 1 N–H and O–H groups in total. The molecular formula is C16H19N5O2S. The fraction of sp³-hybridized carbons (Fsp3) is 0.375. The average Bonchev–Trinajstić information content (AvgIpc) is 3.21. The number of thioether (sulfide) groups is 1. The Morgan fingerprint density at radius 3 is 2.83 bits per heavy atom. The van der Waals surface area contributed by atoms with E-state index in [1.807, 2.05) is 35.8 Å². The van der Waals surface area contributed by atoms with Gasteiger partial charge in [-0.2, -0.15) is 4.98 Å². The number of aryl methyl sites for hydroxylation is 1. The number of hydrogen-bond acceptors (Lipinski definition) is 7. The van der Waals surface area contributed by atoms with Gasteiger partial charge in [-0.25, -0.2) is 0 Å². The van der Waals surface area contributed by atoms with Gasteiger partial charge < -0.3 is 14.2 Å². The van der Waals surface area contributed by atoms with Gasteiger partial charge in [0.2, 0.25) is 0 Å². The molecule has 0 saturated heterocycles. The summed E-state index contributed by atoms with van der Waals surface area (Å²) < 4.78 is 7.29. The van der Waals surface area contributed by atoms with E-state index < -0.39 is 0 Å². The van der Waals surface area contributed by atoms with Crippen LogP contribution in [-0.2, 0) is 18.9 Å². The number of aromatic nitrogens is 5. The quantitative estimate of drug-likeness (QED) is 0.658. The number of aliphatic hydroxyl groups is 1. The third-order valence-corrected chi connectivity index (χ3v) is 4.52. The Kier molecular flexibility index (Phi) is 5.27. The second kappa shape index (κ2) is 7.59. The summed E-state index contributed by atoms with van der Waals surface area (Å²) in [5.74, 6) is 2.24. The van der Waals surface area contributed by atoms with E-state index >= 15 is 0 Å². The number of hydrogen-bond donors (Lipinski definition) is 1. The monoisotopic (exact) mass is 345 g/mol. The molecular weight excluding hydrogens is 326 g/mol. The Morgan fingerprint density at radius 2 is 2.08 bits per heavy atom. The molecule has 0 fully saturated rings. The SMILES string of the molecule is CCCn1c(CO)nnc1SCc1noc(-c2ccccc2C)n1. The molecule has 0 saturated carbocycles. The van der Waals surface area contributed by atoms with Crippen LogP contribution in [0.15, 0.2) is 33.9 Å². The maximum atomic E-state index is 9.33. The van der Waals surface area contributed by atoms with Crippen LogP contribution in [-0.4, -0.2) is 30.0 Å². The highest BCUT2D eigenvalue weighted by molar-refractivity contribution is 7.98. The van der Waals surface area contributed by atoms with E-state index in [1.54, 1.807) is 0 Å². The van der Waals surface area contributed by atoms with Crippen LogP contribution in [0.1, 0.15) is 30.6 Å². The highest BCUT2D eigenvalue weighted by atomic mass is 32.2. The Balaban J connectivity index is 1.72. The maximum Gasteiger partial charge on any atom is 0.258 e. The van der Waals surface area contributed by atoms with Gasteiger partial charge in [0.05, 0.1) is 5.75 Å². The van der Waals surface area contributed by atoms with Gasteiger partial charge in [0.1, 0.15) is 6.61 Å². The number of aliphatic hydroxyl groups excluding tert-OH is 1. The van der Waals surface area contributed by atoms with Crippen LogP contribution in [0.25, 0.3) is 11.5 Å². The molecule has 8 heteroatoms. The first-order chi connectivity index (χ1) is 11.7. The van der Waals surface area contributed by atoms with Gasteiger partial charge in [0.15, 0.2) is 16.8 Å². The lowest BCUT2D eigenvalue weighted by molar-refractivity contribution is 0.263. The van der Waals surface area contributed by atoms with Crippen molar-refractivity contribution in [3.8, 4) is 11.5 Å². The van der Waals surface area contributed by atoms with Crippen LogP contribution in [0.2, 0.25) is 0 Å². The van der Waals surface area contributed by atoms with Gasteiger partial charge in [0, 0.05) is 12.1 Å². The van der Waals surface area contributed by atoms with Gasteiger partial charge in [-0.3, -0.25) is 0 Å². The molecule has 3 aromatic rings. The lowest BCUT2D eigenvalue weighted by Crippen LogP contribution is -2.04. The average molecular weight is 345 g/mol. The molecule has 0 unspecified atom stereocenters. The van der Waals surface area contributed by atoms with Gasteiger partial charge >= 0.3 is 0 Å². The first kappa shape index (κ1) is 16.7. The Hall–Kier alpha value is -2.19. The van der Waals surface area contributed by atoms with Crippen LogP contribution < -0.4 is 0 Å². The van der Waals surface area contributed by atoms with Crippen molar-refractivity contribution in [2.45, 2.75) is 44.3 Å². The molecule has 0 atom stereocenters. The summed E-state index contributed by atoms with van der Waals surface area (Å²) in [6.45, 7) is 4.74. The zero-order valence-electron chi connectivity index (χ0n) is 13.6. The number of nitrogens with zero attached hydrogens (tertiary/aromatic N) is 5. The van der Waals surface area contributed by atoms with Crippen LogP contribution in [0.5, 0.6) is 0 Å². The van der Waals surface area contributed by atoms with Crippen LogP contribution >= 0.6 is 11.8 Å². The molecule has 0 aliphatic rings. The minimum Gasteiger partial charge on any atom is -0.388 e. The lowest BCUT2D eigenvalue weighted by Gasteiger charge is -2.05. The predicted octanol–water partition coefficient (Wildman–Crippen LogP) is 2.83. The Bertz CT molecular complexity index is 814. The molecule has 0 aliphatic carbocycles. The molecule has 3 rings (SSSR count). The van der Waals surface area contributed by atoms with E-state index in [1.165, 1.54) is 11.8 Å². The number of rotatable bonds is 7. The van der Waals surface area contributed by atoms with Crippen molar-refractivity contribution in [2.75, 3.05) is 0 Å². The first-order valence-corrected chi connectivity index (χ1v) is 8.75. The molecule has 126 valence electrons. The van der Waals surface area contributed by atoms with Gasteiger partial charge in [-0.1, -0.05) is 42.0 Å². The molecule has 0 aliphatic heterocycles. The summed E-state index contributed by atoms with van der Waals surface area (Å²) in [7, 11) is 0. The van der Waals surface area contributed by atoms with Crippen molar-refractivity contribution >= 4 is 11.8 Å². The molecule has 0 spiro atoms.